The predicted molar refractivity (Wildman–Crippen MR) is 145 cm³/mol. The van der Waals surface area contributed by atoms with Gasteiger partial charge in [-0.1, -0.05) is 20.3 Å². The molecule has 0 radical (unpaired) electrons. The van der Waals surface area contributed by atoms with Gasteiger partial charge in [-0.05, 0) is 71.2 Å². The van der Waals surface area contributed by atoms with E-state index < -0.39 is 0 Å². The number of guanidine groups is 1. The molecule has 3 aliphatic heterocycles. The first kappa shape index (κ1) is 28.1. The molecule has 1 unspecified atom stereocenters. The minimum atomic E-state index is 0. The fourth-order valence-corrected chi connectivity index (χ4v) is 5.54. The Morgan fingerprint density at radius 1 is 0.969 bits per heavy atom. The van der Waals surface area contributed by atoms with Crippen molar-refractivity contribution in [1.29, 1.82) is 0 Å². The van der Waals surface area contributed by atoms with Gasteiger partial charge in [-0.3, -0.25) is 14.8 Å². The quantitative estimate of drug-likeness (QED) is 0.269. The first-order valence-electron chi connectivity index (χ1n) is 12.7. The lowest BCUT2D eigenvalue weighted by Crippen LogP contribution is -2.62. The highest BCUT2D eigenvalue weighted by molar-refractivity contribution is 14.0. The molecule has 2 N–H and O–H groups in total. The molecule has 8 heteroatoms. The van der Waals surface area contributed by atoms with Crippen LogP contribution in [0.1, 0.15) is 52.4 Å². The molecule has 0 aliphatic carbocycles. The summed E-state index contributed by atoms with van der Waals surface area (Å²) in [5.74, 6) is 1.64. The number of halogens is 1. The van der Waals surface area contributed by atoms with Gasteiger partial charge >= 0.3 is 0 Å². The van der Waals surface area contributed by atoms with E-state index in [1.165, 1.54) is 64.7 Å². The van der Waals surface area contributed by atoms with Crippen molar-refractivity contribution in [3.63, 3.8) is 0 Å². The molecule has 0 saturated carbocycles. The van der Waals surface area contributed by atoms with Gasteiger partial charge in [0, 0.05) is 44.8 Å². The predicted octanol–water partition coefficient (Wildman–Crippen LogP) is 2.47. The smallest absolute Gasteiger partial charge is 0.191 e. The Bertz CT molecular complexity index is 541. The molecule has 7 nitrogen and oxygen atoms in total. The highest BCUT2D eigenvalue weighted by Crippen LogP contribution is 2.30. The number of morpholine rings is 1. The van der Waals surface area contributed by atoms with E-state index in [1.54, 1.807) is 0 Å². The molecule has 0 spiro atoms. The van der Waals surface area contributed by atoms with Crippen LogP contribution < -0.4 is 10.6 Å². The Labute approximate surface area is 214 Å². The van der Waals surface area contributed by atoms with Crippen LogP contribution in [-0.2, 0) is 4.74 Å². The van der Waals surface area contributed by atoms with Crippen molar-refractivity contribution in [3.8, 4) is 0 Å². The van der Waals surface area contributed by atoms with E-state index in [4.69, 9.17) is 4.74 Å². The number of rotatable bonds is 8. The molecule has 3 heterocycles. The lowest BCUT2D eigenvalue weighted by molar-refractivity contribution is 0.0128. The zero-order valence-electron chi connectivity index (χ0n) is 21.1. The van der Waals surface area contributed by atoms with E-state index in [2.05, 4.69) is 51.2 Å². The van der Waals surface area contributed by atoms with Crippen LogP contribution >= 0.6 is 24.0 Å². The summed E-state index contributed by atoms with van der Waals surface area (Å²) < 4.78 is 5.58. The second-order valence-corrected chi connectivity index (χ2v) is 10.3. The molecule has 0 amide bonds. The number of ether oxygens (including phenoxy) is 1. The number of nitrogens with zero attached hydrogens (tertiary/aromatic N) is 4. The number of nitrogens with one attached hydrogen (secondary N) is 2. The largest absolute Gasteiger partial charge is 0.379 e. The summed E-state index contributed by atoms with van der Waals surface area (Å²) >= 11 is 0. The number of hydrogen-bond acceptors (Lipinski definition) is 5. The van der Waals surface area contributed by atoms with Crippen LogP contribution in [-0.4, -0.2) is 112 Å². The van der Waals surface area contributed by atoms with Crippen molar-refractivity contribution in [2.75, 3.05) is 79.7 Å². The van der Waals surface area contributed by atoms with E-state index in [-0.39, 0.29) is 29.5 Å². The minimum Gasteiger partial charge on any atom is -0.379 e. The number of likely N-dealkylation sites (tertiary alicyclic amines) is 2. The molecule has 0 aromatic carbocycles. The van der Waals surface area contributed by atoms with Gasteiger partial charge < -0.3 is 20.3 Å². The SMILES string of the molecule is CN=C(NCC(CC(C)C)N1CCOCC1)NCC1(N2CCCCC2)CCN(C)CC1.I. The topological polar surface area (TPSA) is 55.4 Å². The summed E-state index contributed by atoms with van der Waals surface area (Å²) in [7, 11) is 4.16. The maximum absolute atomic E-state index is 5.58. The van der Waals surface area contributed by atoms with E-state index >= 15 is 0 Å². The molecular weight excluding hydrogens is 515 g/mol. The Morgan fingerprint density at radius 2 is 1.62 bits per heavy atom. The van der Waals surface area contributed by atoms with Crippen molar-refractivity contribution in [3.05, 3.63) is 0 Å². The van der Waals surface area contributed by atoms with E-state index in [1.807, 2.05) is 7.05 Å². The highest BCUT2D eigenvalue weighted by Gasteiger charge is 2.39. The van der Waals surface area contributed by atoms with Crippen molar-refractivity contribution >= 4 is 29.9 Å². The van der Waals surface area contributed by atoms with Crippen molar-refractivity contribution in [2.24, 2.45) is 10.9 Å². The first-order chi connectivity index (χ1) is 15.0. The van der Waals surface area contributed by atoms with Crippen LogP contribution in [0.3, 0.4) is 0 Å². The van der Waals surface area contributed by atoms with Crippen LogP contribution in [0.5, 0.6) is 0 Å². The lowest BCUT2D eigenvalue weighted by Gasteiger charge is -2.50. The van der Waals surface area contributed by atoms with E-state index in [0.717, 1.165) is 45.4 Å². The molecule has 1 atom stereocenters. The fraction of sp³-hybridized carbons (Fsp3) is 0.958. The van der Waals surface area contributed by atoms with Gasteiger partial charge in [0.15, 0.2) is 5.96 Å². The standard InChI is InChI=1S/C24H48N6O.HI/c1-21(2)18-22(29-14-16-31-17-15-29)19-26-23(25-3)27-20-24(8-12-28(4)13-9-24)30-10-6-5-7-11-30;/h21-22H,5-20H2,1-4H3,(H2,25,26,27);1H. The second kappa shape index (κ2) is 14.3. The molecular formula is C24H49IN6O. The molecule has 0 aromatic rings. The summed E-state index contributed by atoms with van der Waals surface area (Å²) in [4.78, 5) is 12.4. The average molecular weight is 565 g/mol. The van der Waals surface area contributed by atoms with Gasteiger partial charge in [-0.15, -0.1) is 24.0 Å². The van der Waals surface area contributed by atoms with Gasteiger partial charge in [-0.2, -0.15) is 0 Å². The molecule has 3 rings (SSSR count). The van der Waals surface area contributed by atoms with Gasteiger partial charge in [-0.25, -0.2) is 0 Å². The van der Waals surface area contributed by atoms with Crippen molar-refractivity contribution in [1.82, 2.24) is 25.3 Å². The zero-order chi connectivity index (χ0) is 22.1. The highest BCUT2D eigenvalue weighted by atomic mass is 127. The van der Waals surface area contributed by atoms with Crippen molar-refractivity contribution < 1.29 is 4.74 Å². The second-order valence-electron chi connectivity index (χ2n) is 10.3. The van der Waals surface area contributed by atoms with Crippen LogP contribution in [0.25, 0.3) is 0 Å². The maximum Gasteiger partial charge on any atom is 0.191 e. The molecule has 188 valence electrons. The van der Waals surface area contributed by atoms with E-state index in [9.17, 15) is 0 Å². The Morgan fingerprint density at radius 3 is 2.22 bits per heavy atom. The number of piperidine rings is 2. The van der Waals surface area contributed by atoms with Gasteiger partial charge in [0.2, 0.25) is 0 Å². The normalized spacial score (nSPS) is 24.7. The molecule has 0 aromatic heterocycles. The first-order valence-corrected chi connectivity index (χ1v) is 12.7. The summed E-state index contributed by atoms with van der Waals surface area (Å²) in [5.41, 5.74) is 0.270. The van der Waals surface area contributed by atoms with E-state index in [0.29, 0.717) is 12.0 Å². The summed E-state index contributed by atoms with van der Waals surface area (Å²) in [6.45, 7) is 15.3. The lowest BCUT2D eigenvalue weighted by atomic mass is 9.84. The Hall–Kier alpha value is -0.160. The molecule has 32 heavy (non-hydrogen) atoms. The Balaban J connectivity index is 0.00000363. The van der Waals surface area contributed by atoms with Crippen molar-refractivity contribution in [2.45, 2.75) is 64.0 Å². The van der Waals surface area contributed by atoms with Crippen LogP contribution in [0, 0.1) is 5.92 Å². The number of hydrogen-bond donors (Lipinski definition) is 2. The molecule has 3 fully saturated rings. The van der Waals surface area contributed by atoms with Crippen LogP contribution in [0.2, 0.25) is 0 Å². The van der Waals surface area contributed by atoms with Gasteiger partial charge in [0.25, 0.3) is 0 Å². The summed E-state index contributed by atoms with van der Waals surface area (Å²) in [5, 5.41) is 7.41. The fourth-order valence-electron chi connectivity index (χ4n) is 5.54. The molecule has 0 bridgehead atoms. The minimum absolute atomic E-state index is 0. The van der Waals surface area contributed by atoms with Gasteiger partial charge in [0.1, 0.15) is 0 Å². The van der Waals surface area contributed by atoms with Crippen LogP contribution in [0.15, 0.2) is 4.99 Å². The monoisotopic (exact) mass is 564 g/mol. The molecule has 3 aliphatic rings. The Kier molecular flexibility index (Phi) is 12.5. The third-order valence-corrected chi connectivity index (χ3v) is 7.56. The third-order valence-electron chi connectivity index (χ3n) is 7.56. The zero-order valence-corrected chi connectivity index (χ0v) is 23.4. The van der Waals surface area contributed by atoms with Gasteiger partial charge in [0.05, 0.1) is 13.2 Å². The van der Waals surface area contributed by atoms with Crippen LogP contribution in [0.4, 0.5) is 0 Å². The third kappa shape index (κ3) is 8.25. The number of aliphatic imine (C=N–C) groups is 1. The maximum atomic E-state index is 5.58. The molecule has 3 saturated heterocycles. The summed E-state index contributed by atoms with van der Waals surface area (Å²) in [6, 6.07) is 0.529. The average Bonchev–Trinajstić information content (AvgIpc) is 2.80. The summed E-state index contributed by atoms with van der Waals surface area (Å²) in [6.07, 6.45) is 7.78.